The average molecular weight is 182 g/mol. The van der Waals surface area contributed by atoms with Crippen molar-refractivity contribution < 1.29 is 9.53 Å². The van der Waals surface area contributed by atoms with Gasteiger partial charge in [0.15, 0.2) is 0 Å². The van der Waals surface area contributed by atoms with Crippen LogP contribution in [-0.4, -0.2) is 12.1 Å². The number of carbonyl (C=O) groups excluding carboxylic acids is 1. The summed E-state index contributed by atoms with van der Waals surface area (Å²) >= 11 is 0. The Morgan fingerprint density at radius 1 is 1.23 bits per heavy atom. The molecule has 1 aliphatic heterocycles. The summed E-state index contributed by atoms with van der Waals surface area (Å²) in [6.07, 6.45) is 7.77. The summed E-state index contributed by atoms with van der Waals surface area (Å²) in [4.78, 5) is 11.2. The van der Waals surface area contributed by atoms with E-state index in [0.29, 0.717) is 5.92 Å². The van der Waals surface area contributed by atoms with Crippen LogP contribution in [0.25, 0.3) is 0 Å². The fourth-order valence-corrected chi connectivity index (χ4v) is 2.55. The van der Waals surface area contributed by atoms with Crippen LogP contribution in [0.5, 0.6) is 0 Å². The molecule has 0 spiro atoms. The van der Waals surface area contributed by atoms with Crippen LogP contribution in [0.1, 0.15) is 45.4 Å². The third kappa shape index (κ3) is 1.87. The zero-order chi connectivity index (χ0) is 9.26. The second-order valence-corrected chi connectivity index (χ2v) is 4.51. The molecular weight excluding hydrogens is 164 g/mol. The number of esters is 1. The first-order valence-electron chi connectivity index (χ1n) is 5.48. The predicted molar refractivity (Wildman–Crippen MR) is 50.2 cm³/mol. The Bertz CT molecular complexity index is 194. The summed E-state index contributed by atoms with van der Waals surface area (Å²) in [5, 5.41) is 0. The van der Waals surface area contributed by atoms with Crippen molar-refractivity contribution >= 4 is 5.97 Å². The van der Waals surface area contributed by atoms with Gasteiger partial charge in [0.2, 0.25) is 0 Å². The van der Waals surface area contributed by atoms with E-state index in [9.17, 15) is 4.79 Å². The molecule has 0 aromatic rings. The molecule has 1 saturated heterocycles. The molecule has 0 N–H and O–H groups in total. The Kier molecular flexibility index (Phi) is 2.56. The lowest BCUT2D eigenvalue weighted by Gasteiger charge is -2.25. The molecule has 2 heteroatoms. The van der Waals surface area contributed by atoms with Crippen LogP contribution in [0.4, 0.5) is 0 Å². The molecule has 0 amide bonds. The molecule has 1 aliphatic carbocycles. The van der Waals surface area contributed by atoms with Crippen LogP contribution in [0.15, 0.2) is 0 Å². The van der Waals surface area contributed by atoms with Gasteiger partial charge in [0.25, 0.3) is 0 Å². The van der Waals surface area contributed by atoms with E-state index in [1.165, 1.54) is 32.1 Å². The molecule has 1 heterocycles. The number of hydrogen-bond acceptors (Lipinski definition) is 2. The van der Waals surface area contributed by atoms with Gasteiger partial charge in [0.1, 0.15) is 6.10 Å². The van der Waals surface area contributed by atoms with Crippen LogP contribution >= 0.6 is 0 Å². The van der Waals surface area contributed by atoms with Gasteiger partial charge in [-0.1, -0.05) is 26.2 Å². The fourth-order valence-electron chi connectivity index (χ4n) is 2.55. The first-order chi connectivity index (χ1) is 6.27. The van der Waals surface area contributed by atoms with Crippen LogP contribution in [0, 0.1) is 11.8 Å². The van der Waals surface area contributed by atoms with E-state index < -0.39 is 0 Å². The summed E-state index contributed by atoms with van der Waals surface area (Å²) in [6.45, 7) is 1.98. The van der Waals surface area contributed by atoms with Gasteiger partial charge in [-0.15, -0.1) is 0 Å². The Morgan fingerprint density at radius 2 is 1.92 bits per heavy atom. The number of hydrogen-bond donors (Lipinski definition) is 0. The zero-order valence-electron chi connectivity index (χ0n) is 8.29. The second-order valence-electron chi connectivity index (χ2n) is 4.51. The smallest absolute Gasteiger partial charge is 0.309 e. The highest BCUT2D eigenvalue weighted by molar-refractivity contribution is 5.74. The molecule has 0 aromatic heterocycles. The Balaban J connectivity index is 1.90. The van der Waals surface area contributed by atoms with Crippen LogP contribution in [0.3, 0.4) is 0 Å². The molecule has 0 aromatic carbocycles. The predicted octanol–water partition coefficient (Wildman–Crippen LogP) is 2.52. The summed E-state index contributed by atoms with van der Waals surface area (Å²) in [6, 6.07) is 0. The molecule has 74 valence electrons. The molecule has 0 unspecified atom stereocenters. The maximum atomic E-state index is 11.2. The molecule has 0 bridgehead atoms. The van der Waals surface area contributed by atoms with E-state index in [4.69, 9.17) is 4.74 Å². The highest BCUT2D eigenvalue weighted by Crippen LogP contribution is 2.34. The number of ether oxygens (including phenoxy) is 1. The second kappa shape index (κ2) is 3.69. The number of carbonyl (C=O) groups is 1. The average Bonchev–Trinajstić information content (AvgIpc) is 2.49. The molecular formula is C11H18O2. The van der Waals surface area contributed by atoms with E-state index in [-0.39, 0.29) is 18.0 Å². The summed E-state index contributed by atoms with van der Waals surface area (Å²) in [7, 11) is 0. The molecule has 2 atom stereocenters. The van der Waals surface area contributed by atoms with E-state index in [1.807, 2.05) is 6.92 Å². The van der Waals surface area contributed by atoms with Crippen LogP contribution < -0.4 is 0 Å². The van der Waals surface area contributed by atoms with Crippen molar-refractivity contribution in [2.24, 2.45) is 11.8 Å². The first-order valence-corrected chi connectivity index (χ1v) is 5.48. The lowest BCUT2D eigenvalue weighted by Crippen LogP contribution is -2.22. The highest BCUT2D eigenvalue weighted by atomic mass is 16.6. The maximum Gasteiger partial charge on any atom is 0.309 e. The van der Waals surface area contributed by atoms with Gasteiger partial charge in [0.05, 0.1) is 5.92 Å². The highest BCUT2D eigenvalue weighted by Gasteiger charge is 2.36. The minimum absolute atomic E-state index is 0.0237. The van der Waals surface area contributed by atoms with Crippen LogP contribution in [-0.2, 0) is 9.53 Å². The van der Waals surface area contributed by atoms with Gasteiger partial charge in [0, 0.05) is 0 Å². The van der Waals surface area contributed by atoms with Crippen molar-refractivity contribution in [1.82, 2.24) is 0 Å². The molecule has 1 saturated carbocycles. The van der Waals surface area contributed by atoms with Crippen LogP contribution in [0.2, 0.25) is 0 Å². The third-order valence-corrected chi connectivity index (χ3v) is 3.43. The van der Waals surface area contributed by atoms with Crippen molar-refractivity contribution in [3.8, 4) is 0 Å². The lowest BCUT2D eigenvalue weighted by atomic mass is 9.83. The number of rotatable bonds is 1. The minimum atomic E-state index is 0.0237. The standard InChI is InChI=1S/C11H18O2/c1-8-7-10(13-11(8)12)9-5-3-2-4-6-9/h8-10H,2-7H2,1H3/t8-,10+/m1/s1. The topological polar surface area (TPSA) is 26.3 Å². The summed E-state index contributed by atoms with van der Waals surface area (Å²) in [5.74, 6) is 0.838. The maximum absolute atomic E-state index is 11.2. The van der Waals surface area contributed by atoms with Gasteiger partial charge in [-0.3, -0.25) is 4.79 Å². The monoisotopic (exact) mass is 182 g/mol. The van der Waals surface area contributed by atoms with Gasteiger partial charge in [-0.05, 0) is 25.2 Å². The van der Waals surface area contributed by atoms with Crippen molar-refractivity contribution in [2.45, 2.75) is 51.6 Å². The first kappa shape index (κ1) is 9.04. The molecule has 2 nitrogen and oxygen atoms in total. The molecule has 2 fully saturated rings. The zero-order valence-corrected chi connectivity index (χ0v) is 8.29. The number of cyclic esters (lactones) is 1. The Morgan fingerprint density at radius 3 is 2.46 bits per heavy atom. The quantitative estimate of drug-likeness (QED) is 0.582. The SMILES string of the molecule is C[C@@H]1C[C@@H](C2CCCCC2)OC1=O. The Labute approximate surface area is 79.7 Å². The van der Waals surface area contributed by atoms with Crippen molar-refractivity contribution in [3.63, 3.8) is 0 Å². The van der Waals surface area contributed by atoms with Gasteiger partial charge in [-0.2, -0.15) is 0 Å². The molecule has 2 aliphatic rings. The van der Waals surface area contributed by atoms with Gasteiger partial charge >= 0.3 is 5.97 Å². The van der Waals surface area contributed by atoms with Crippen molar-refractivity contribution in [2.75, 3.05) is 0 Å². The van der Waals surface area contributed by atoms with Gasteiger partial charge in [-0.25, -0.2) is 0 Å². The van der Waals surface area contributed by atoms with E-state index >= 15 is 0 Å². The fraction of sp³-hybridized carbons (Fsp3) is 0.909. The summed E-state index contributed by atoms with van der Waals surface area (Å²) < 4.78 is 5.37. The lowest BCUT2D eigenvalue weighted by molar-refractivity contribution is -0.145. The normalized spacial score (nSPS) is 36.2. The summed E-state index contributed by atoms with van der Waals surface area (Å²) in [5.41, 5.74) is 0. The Hall–Kier alpha value is -0.530. The van der Waals surface area contributed by atoms with Gasteiger partial charge < -0.3 is 4.74 Å². The van der Waals surface area contributed by atoms with Crippen molar-refractivity contribution in [3.05, 3.63) is 0 Å². The minimum Gasteiger partial charge on any atom is -0.462 e. The van der Waals surface area contributed by atoms with E-state index in [1.54, 1.807) is 0 Å². The largest absolute Gasteiger partial charge is 0.462 e. The molecule has 13 heavy (non-hydrogen) atoms. The third-order valence-electron chi connectivity index (χ3n) is 3.43. The molecule has 0 radical (unpaired) electrons. The van der Waals surface area contributed by atoms with E-state index in [0.717, 1.165) is 6.42 Å². The molecule has 2 rings (SSSR count). The van der Waals surface area contributed by atoms with E-state index in [2.05, 4.69) is 0 Å². The van der Waals surface area contributed by atoms with Crippen molar-refractivity contribution in [1.29, 1.82) is 0 Å².